The first-order chi connectivity index (χ1) is 10.1. The molecule has 3 N–H and O–H groups in total. The minimum absolute atomic E-state index is 0.0212. The van der Waals surface area contributed by atoms with Gasteiger partial charge in [-0.25, -0.2) is 4.79 Å². The molecule has 112 valence electrons. The number of hydrogen-bond donors (Lipinski definition) is 2. The van der Waals surface area contributed by atoms with Crippen molar-refractivity contribution in [2.24, 2.45) is 11.7 Å². The van der Waals surface area contributed by atoms with Gasteiger partial charge in [0.1, 0.15) is 12.2 Å². The summed E-state index contributed by atoms with van der Waals surface area (Å²) < 4.78 is 5.48. The van der Waals surface area contributed by atoms with Crippen molar-refractivity contribution in [3.05, 3.63) is 23.8 Å². The number of carboxylic acid groups (broad SMARTS) is 1. The number of benzene rings is 1. The van der Waals surface area contributed by atoms with Crippen molar-refractivity contribution in [1.82, 2.24) is 0 Å². The highest BCUT2D eigenvalue weighted by molar-refractivity contribution is 6.01. The molecular formula is C15H18N2O4. The lowest BCUT2D eigenvalue weighted by Gasteiger charge is -2.32. The van der Waals surface area contributed by atoms with Crippen LogP contribution in [0.4, 0.5) is 5.69 Å². The Morgan fingerprint density at radius 3 is 2.81 bits per heavy atom. The fourth-order valence-electron chi connectivity index (χ4n) is 3.14. The zero-order chi connectivity index (χ0) is 15.0. The quantitative estimate of drug-likeness (QED) is 0.854. The Labute approximate surface area is 122 Å². The Morgan fingerprint density at radius 2 is 2.14 bits per heavy atom. The van der Waals surface area contributed by atoms with Crippen LogP contribution in [0.1, 0.15) is 29.6 Å². The zero-order valence-corrected chi connectivity index (χ0v) is 11.6. The van der Waals surface area contributed by atoms with Crippen LogP contribution < -0.4 is 15.4 Å². The Hall–Kier alpha value is -2.08. The molecule has 0 saturated heterocycles. The van der Waals surface area contributed by atoms with E-state index in [1.807, 2.05) is 0 Å². The van der Waals surface area contributed by atoms with E-state index in [0.717, 1.165) is 19.3 Å². The van der Waals surface area contributed by atoms with Crippen molar-refractivity contribution in [2.75, 3.05) is 18.1 Å². The van der Waals surface area contributed by atoms with Crippen molar-refractivity contribution in [3.63, 3.8) is 0 Å². The molecule has 0 aromatic heterocycles. The predicted octanol–water partition coefficient (Wildman–Crippen LogP) is 1.24. The van der Waals surface area contributed by atoms with Crippen LogP contribution in [0.15, 0.2) is 18.2 Å². The zero-order valence-electron chi connectivity index (χ0n) is 11.6. The lowest BCUT2D eigenvalue weighted by atomic mass is 10.0. The molecule has 2 aliphatic rings. The Kier molecular flexibility index (Phi) is 3.55. The highest BCUT2D eigenvalue weighted by Crippen LogP contribution is 2.37. The summed E-state index contributed by atoms with van der Waals surface area (Å²) in [4.78, 5) is 25.6. The van der Waals surface area contributed by atoms with E-state index in [1.54, 1.807) is 17.0 Å². The largest absolute Gasteiger partial charge is 0.489 e. The third-order valence-electron chi connectivity index (χ3n) is 4.23. The van der Waals surface area contributed by atoms with Crippen molar-refractivity contribution < 1.29 is 19.4 Å². The molecule has 1 amide bonds. The molecule has 2 atom stereocenters. The number of amides is 1. The second-order valence-corrected chi connectivity index (χ2v) is 5.50. The number of fused-ring (bicyclic) bond motifs is 1. The molecule has 6 nitrogen and oxygen atoms in total. The first kappa shape index (κ1) is 13.9. The molecule has 6 heteroatoms. The molecular weight excluding hydrogens is 272 g/mol. The van der Waals surface area contributed by atoms with E-state index in [1.165, 1.54) is 6.07 Å². The number of carbonyl (C=O) groups excluding carboxylic acids is 1. The summed E-state index contributed by atoms with van der Waals surface area (Å²) in [6, 6.07) is 4.73. The van der Waals surface area contributed by atoms with Crippen molar-refractivity contribution in [1.29, 1.82) is 0 Å². The number of nitrogens with two attached hydrogens (primary N) is 1. The molecule has 2 unspecified atom stereocenters. The van der Waals surface area contributed by atoms with Gasteiger partial charge in [0.2, 0.25) is 5.91 Å². The normalized spacial score (nSPS) is 24.3. The molecule has 0 radical (unpaired) electrons. The number of carboxylic acids is 1. The van der Waals surface area contributed by atoms with Crippen LogP contribution in [0.25, 0.3) is 0 Å². The summed E-state index contributed by atoms with van der Waals surface area (Å²) in [6.45, 7) is 0.725. The molecule has 1 fully saturated rings. The van der Waals surface area contributed by atoms with Crippen LogP contribution >= 0.6 is 0 Å². The van der Waals surface area contributed by atoms with Crippen LogP contribution in [0.2, 0.25) is 0 Å². The molecule has 21 heavy (non-hydrogen) atoms. The van der Waals surface area contributed by atoms with Gasteiger partial charge in [-0.2, -0.15) is 0 Å². The summed E-state index contributed by atoms with van der Waals surface area (Å²) in [6.07, 6.45) is 2.62. The minimum Gasteiger partial charge on any atom is -0.489 e. The molecule has 1 aromatic rings. The first-order valence-electron chi connectivity index (χ1n) is 7.15. The van der Waals surface area contributed by atoms with Crippen LogP contribution in [0.3, 0.4) is 0 Å². The van der Waals surface area contributed by atoms with Gasteiger partial charge in [0.05, 0.1) is 18.2 Å². The first-order valence-corrected chi connectivity index (χ1v) is 7.15. The predicted molar refractivity (Wildman–Crippen MR) is 76.6 cm³/mol. The second-order valence-electron chi connectivity index (χ2n) is 5.50. The number of nitrogens with zero attached hydrogens (tertiary/aromatic N) is 1. The maximum atomic E-state index is 12.7. The molecule has 1 heterocycles. The van der Waals surface area contributed by atoms with Gasteiger partial charge in [0.15, 0.2) is 5.75 Å². The topological polar surface area (TPSA) is 92.9 Å². The number of para-hydroxylation sites is 1. The van der Waals surface area contributed by atoms with Gasteiger partial charge >= 0.3 is 5.97 Å². The standard InChI is InChI=1S/C15H18N2O4/c16-11-5-1-3-9(11)14(18)17-7-8-21-13-10(15(19)20)4-2-6-12(13)17/h2,4,6,9,11H,1,3,5,7-8,16H2,(H,19,20). The third-order valence-corrected chi connectivity index (χ3v) is 4.23. The number of hydrogen-bond acceptors (Lipinski definition) is 4. The number of aromatic carboxylic acids is 1. The van der Waals surface area contributed by atoms with Crippen LogP contribution in [0, 0.1) is 5.92 Å². The molecule has 0 bridgehead atoms. The SMILES string of the molecule is NC1CCCC1C(=O)N1CCOc2c(C(=O)O)cccc21. The Morgan fingerprint density at radius 1 is 1.33 bits per heavy atom. The van der Waals surface area contributed by atoms with Gasteiger partial charge in [0.25, 0.3) is 0 Å². The number of carbonyl (C=O) groups is 2. The average molecular weight is 290 g/mol. The van der Waals surface area contributed by atoms with Crippen LogP contribution in [-0.4, -0.2) is 36.2 Å². The van der Waals surface area contributed by atoms with E-state index >= 15 is 0 Å². The Bertz CT molecular complexity index is 587. The summed E-state index contributed by atoms with van der Waals surface area (Å²) in [5, 5.41) is 9.22. The number of ether oxygens (including phenoxy) is 1. The minimum atomic E-state index is -1.06. The van der Waals surface area contributed by atoms with Gasteiger partial charge in [-0.05, 0) is 25.0 Å². The van der Waals surface area contributed by atoms with Crippen molar-refractivity contribution >= 4 is 17.6 Å². The summed E-state index contributed by atoms with van der Waals surface area (Å²) in [7, 11) is 0. The van der Waals surface area contributed by atoms with E-state index in [2.05, 4.69) is 0 Å². The van der Waals surface area contributed by atoms with E-state index in [9.17, 15) is 14.7 Å². The maximum Gasteiger partial charge on any atom is 0.339 e. The molecule has 1 saturated carbocycles. The fourth-order valence-corrected chi connectivity index (χ4v) is 3.14. The smallest absolute Gasteiger partial charge is 0.339 e. The van der Waals surface area contributed by atoms with Crippen LogP contribution in [0.5, 0.6) is 5.75 Å². The van der Waals surface area contributed by atoms with Gasteiger partial charge in [0, 0.05) is 6.04 Å². The molecule has 1 aromatic carbocycles. The lowest BCUT2D eigenvalue weighted by molar-refractivity contribution is -0.122. The second kappa shape index (κ2) is 5.37. The van der Waals surface area contributed by atoms with E-state index in [0.29, 0.717) is 18.8 Å². The average Bonchev–Trinajstić information content (AvgIpc) is 2.91. The van der Waals surface area contributed by atoms with Gasteiger partial charge in [-0.15, -0.1) is 0 Å². The molecule has 1 aliphatic carbocycles. The molecule has 1 aliphatic heterocycles. The van der Waals surface area contributed by atoms with E-state index in [4.69, 9.17) is 10.5 Å². The van der Waals surface area contributed by atoms with Crippen LogP contribution in [-0.2, 0) is 4.79 Å². The summed E-state index contributed by atoms with van der Waals surface area (Å²) in [5.74, 6) is -0.980. The molecule has 0 spiro atoms. The summed E-state index contributed by atoms with van der Waals surface area (Å²) >= 11 is 0. The highest BCUT2D eigenvalue weighted by atomic mass is 16.5. The van der Waals surface area contributed by atoms with Gasteiger partial charge in [-0.1, -0.05) is 12.5 Å². The molecule has 3 rings (SSSR count). The highest BCUT2D eigenvalue weighted by Gasteiger charge is 2.36. The number of rotatable bonds is 2. The Balaban J connectivity index is 1.95. The number of anilines is 1. The van der Waals surface area contributed by atoms with Gasteiger partial charge in [-0.3, -0.25) is 4.79 Å². The fraction of sp³-hybridized carbons (Fsp3) is 0.467. The third kappa shape index (κ3) is 2.35. The monoisotopic (exact) mass is 290 g/mol. The lowest BCUT2D eigenvalue weighted by Crippen LogP contribution is -2.45. The van der Waals surface area contributed by atoms with Gasteiger partial charge < -0.3 is 20.5 Å². The van der Waals surface area contributed by atoms with E-state index in [-0.39, 0.29) is 29.2 Å². The van der Waals surface area contributed by atoms with Crippen molar-refractivity contribution in [2.45, 2.75) is 25.3 Å². The summed E-state index contributed by atoms with van der Waals surface area (Å²) in [5.41, 5.74) is 6.63. The van der Waals surface area contributed by atoms with Crippen molar-refractivity contribution in [3.8, 4) is 5.75 Å². The maximum absolute atomic E-state index is 12.7. The van der Waals surface area contributed by atoms with E-state index < -0.39 is 5.97 Å².